The first-order chi connectivity index (χ1) is 24.7. The Bertz CT molecular complexity index is 2840. The van der Waals surface area contributed by atoms with Gasteiger partial charge < -0.3 is 0 Å². The number of hydrogen-bond acceptors (Lipinski definition) is 1. The fourth-order valence-corrected chi connectivity index (χ4v) is 2.48. The lowest BCUT2D eigenvalue weighted by Gasteiger charge is -1.99. The second-order valence-electron chi connectivity index (χ2n) is 7.64. The molecule has 0 aliphatic rings. The van der Waals surface area contributed by atoms with Crippen molar-refractivity contribution in [2.75, 3.05) is 0 Å². The van der Waals surface area contributed by atoms with Gasteiger partial charge in [0.2, 0.25) is 0 Å². The molecule has 2 aromatic rings. The Morgan fingerprint density at radius 1 is 0.400 bits per heavy atom. The van der Waals surface area contributed by atoms with Gasteiger partial charge in [-0.15, -0.1) is 6.42 Å². The van der Waals surface area contributed by atoms with Crippen LogP contribution in [0.15, 0.2) is 42.5 Å². The van der Waals surface area contributed by atoms with Gasteiger partial charge in [0.15, 0.2) is 5.78 Å². The Hall–Kier alpha value is -9.55. The number of terminal acetylenes is 1. The van der Waals surface area contributed by atoms with Gasteiger partial charge in [-0.05, 0) is 125 Å². The predicted octanol–water partition coefficient (Wildman–Crippen LogP) is 3.74. The maximum atomic E-state index is 11.1. The zero-order valence-corrected chi connectivity index (χ0v) is 26.5. The first-order valence-corrected chi connectivity index (χ1v) is 13.6. The highest BCUT2D eigenvalue weighted by Crippen LogP contribution is 2.15. The molecule has 1 heteroatoms. The predicted molar refractivity (Wildman–Crippen MR) is 201 cm³/mol. The van der Waals surface area contributed by atoms with Crippen molar-refractivity contribution in [1.29, 1.82) is 0 Å². The molecule has 0 aromatic heterocycles. The first-order valence-electron chi connectivity index (χ1n) is 13.6. The largest absolute Gasteiger partial charge is 0.295 e. The van der Waals surface area contributed by atoms with Gasteiger partial charge in [0.05, 0.1) is 0 Å². The number of Topliss-reactive ketones (excluding diaryl/α,β-unsaturated/α-hetero) is 1. The molecule has 0 unspecified atom stereocenters. The van der Waals surface area contributed by atoms with Crippen LogP contribution >= 0.6 is 0 Å². The Balaban J connectivity index is 0.000000787. The van der Waals surface area contributed by atoms with E-state index in [1.807, 2.05) is 42.5 Å². The van der Waals surface area contributed by atoms with Gasteiger partial charge >= 0.3 is 0 Å². The van der Waals surface area contributed by atoms with E-state index in [0.29, 0.717) is 0 Å². The van der Waals surface area contributed by atoms with Crippen LogP contribution in [0.1, 0.15) is 24.2 Å². The van der Waals surface area contributed by atoms with Gasteiger partial charge in [0.25, 0.3) is 0 Å². The zero-order valence-electron chi connectivity index (χ0n) is 26.5. The molecule has 0 amide bonds. The van der Waals surface area contributed by atoms with E-state index in [0.717, 1.165) is 10.9 Å². The molecule has 2 rings (SSSR count). The number of fused-ring (bicyclic) bond motifs is 1. The second kappa shape index (κ2) is 29.5. The highest BCUT2D eigenvalue weighted by molar-refractivity contribution is 5.98. The van der Waals surface area contributed by atoms with Crippen LogP contribution in [0.25, 0.3) is 10.8 Å². The van der Waals surface area contributed by atoms with E-state index < -0.39 is 0 Å². The molecule has 0 bridgehead atoms. The lowest BCUT2D eigenvalue weighted by Crippen LogP contribution is -1.90. The lowest BCUT2D eigenvalue weighted by atomic mass is 10.1. The molecular formula is C49H14O. The molecular weight excluding hydrogens is 605 g/mol. The maximum Gasteiger partial charge on any atom is 0.159 e. The summed E-state index contributed by atoms with van der Waals surface area (Å²) in [5.41, 5.74) is 0.777. The molecule has 1 nitrogen and oxygen atoms in total. The Morgan fingerprint density at radius 2 is 0.680 bits per heavy atom. The van der Waals surface area contributed by atoms with Gasteiger partial charge in [-0.1, -0.05) is 42.3 Å². The van der Waals surface area contributed by atoms with Gasteiger partial charge in [0, 0.05) is 112 Å². The molecule has 0 aliphatic heterocycles. The van der Waals surface area contributed by atoms with Crippen LogP contribution < -0.4 is 0 Å². The van der Waals surface area contributed by atoms with Crippen molar-refractivity contribution < 1.29 is 4.79 Å². The second-order valence-corrected chi connectivity index (χ2v) is 7.64. The molecule has 0 atom stereocenters. The summed E-state index contributed by atoms with van der Waals surface area (Å²) in [5, 5.41) is 2.29. The van der Waals surface area contributed by atoms with E-state index in [-0.39, 0.29) is 5.78 Å². The summed E-state index contributed by atoms with van der Waals surface area (Å²) >= 11 is 0. The lowest BCUT2D eigenvalue weighted by molar-refractivity contribution is 0.101. The number of ketones is 1. The molecule has 0 aliphatic carbocycles. The number of hydrogen-bond donors (Lipinski definition) is 0. The quantitative estimate of drug-likeness (QED) is 0.352. The van der Waals surface area contributed by atoms with Gasteiger partial charge in [-0.25, -0.2) is 0 Å². The van der Waals surface area contributed by atoms with Crippen molar-refractivity contribution in [1.82, 2.24) is 0 Å². The number of benzene rings is 2. The van der Waals surface area contributed by atoms with E-state index in [9.17, 15) is 4.79 Å². The van der Waals surface area contributed by atoms with Crippen LogP contribution in [0.2, 0.25) is 0 Å². The molecule has 0 spiro atoms. The Morgan fingerprint density at radius 3 is 0.960 bits per heavy atom. The number of carbonyl (C=O) groups excluding carboxylic acids is 1. The van der Waals surface area contributed by atoms with Crippen molar-refractivity contribution in [3.8, 4) is 214 Å². The molecule has 50 heavy (non-hydrogen) atoms. The average Bonchev–Trinajstić information content (AvgIpc) is 3.13. The van der Waals surface area contributed by atoms with Crippen LogP contribution in [0.5, 0.6) is 0 Å². The molecule has 216 valence electrons. The minimum Gasteiger partial charge on any atom is -0.295 e. The summed E-state index contributed by atoms with van der Waals surface area (Å²) < 4.78 is 0. The molecule has 0 saturated carbocycles. The monoisotopic (exact) mass is 618 g/mol. The SMILES string of the molecule is C#CC#CC#CC#CC#CC#CC#CC#CC#CC#CC#CC#CC#CC#CC#CC#CC#CC#CC.CC(=O)c1ccc2ccccc2c1. The van der Waals surface area contributed by atoms with Gasteiger partial charge in [-0.2, -0.15) is 0 Å². The molecule has 0 radical (unpaired) electrons. The van der Waals surface area contributed by atoms with Crippen molar-refractivity contribution in [3.63, 3.8) is 0 Å². The average molecular weight is 619 g/mol. The topological polar surface area (TPSA) is 17.1 Å². The first kappa shape index (κ1) is 38.5. The Labute approximate surface area is 295 Å². The third kappa shape index (κ3) is 23.0. The summed E-state index contributed by atoms with van der Waals surface area (Å²) in [6.45, 7) is 3.28. The van der Waals surface area contributed by atoms with E-state index in [1.54, 1.807) is 13.8 Å². The third-order valence-electron chi connectivity index (χ3n) is 4.35. The zero-order chi connectivity index (χ0) is 36.0. The smallest absolute Gasteiger partial charge is 0.159 e. The number of rotatable bonds is 1. The highest BCUT2D eigenvalue weighted by atomic mass is 16.1. The molecule has 0 saturated heterocycles. The fraction of sp³-hybridized carbons (Fsp3) is 0.0408. The van der Waals surface area contributed by atoms with Crippen molar-refractivity contribution in [3.05, 3.63) is 48.0 Å². The summed E-state index contributed by atoms with van der Waals surface area (Å²) in [4.78, 5) is 11.1. The minimum atomic E-state index is 0.116. The van der Waals surface area contributed by atoms with Crippen molar-refractivity contribution in [2.45, 2.75) is 13.8 Å². The summed E-state index contributed by atoms with van der Waals surface area (Å²) in [6.07, 6.45) is 4.93. The minimum absolute atomic E-state index is 0.116. The molecule has 2 aromatic carbocycles. The van der Waals surface area contributed by atoms with Crippen LogP contribution in [0.4, 0.5) is 0 Å². The fourth-order valence-electron chi connectivity index (χ4n) is 2.48. The normalized spacial score (nSPS) is 5.54. The van der Waals surface area contributed by atoms with Crippen molar-refractivity contribution in [2.24, 2.45) is 0 Å². The Kier molecular flexibility index (Phi) is 22.7. The van der Waals surface area contributed by atoms with Crippen molar-refractivity contribution >= 4 is 16.6 Å². The standard InChI is InChI=1S/C37H4.C12H10O/c1-3-5-7-9-11-13-15-17-19-21-23-25-27-29-31-33-35-37-36-34-32-30-28-26-24-22-20-18-16-14-12-10-8-6-4-2;1-9(13)11-7-6-10-4-2-3-5-12(10)8-11/h1H,2H3;2-8H,1H3. The summed E-state index contributed by atoms with van der Waals surface area (Å²) in [5.74, 6) is 87.0. The summed E-state index contributed by atoms with van der Waals surface area (Å²) in [7, 11) is 0. The van der Waals surface area contributed by atoms with Gasteiger partial charge in [0.1, 0.15) is 0 Å². The maximum absolute atomic E-state index is 11.1. The number of carbonyl (C=O) groups is 1. The van der Waals surface area contributed by atoms with E-state index in [2.05, 4.69) is 207 Å². The highest BCUT2D eigenvalue weighted by Gasteiger charge is 1.99. The molecule has 0 fully saturated rings. The molecule has 0 N–H and O–H groups in total. The van der Waals surface area contributed by atoms with Crippen LogP contribution in [0, 0.1) is 214 Å². The van der Waals surface area contributed by atoms with Crippen LogP contribution in [0.3, 0.4) is 0 Å². The van der Waals surface area contributed by atoms with Gasteiger partial charge in [-0.3, -0.25) is 4.79 Å². The van der Waals surface area contributed by atoms with Crippen LogP contribution in [-0.2, 0) is 0 Å². The van der Waals surface area contributed by atoms with Crippen LogP contribution in [-0.4, -0.2) is 5.78 Å². The summed E-state index contributed by atoms with van der Waals surface area (Å²) in [6, 6.07) is 13.8. The van der Waals surface area contributed by atoms with E-state index >= 15 is 0 Å². The van der Waals surface area contributed by atoms with E-state index in [1.165, 1.54) is 5.39 Å². The van der Waals surface area contributed by atoms with E-state index in [4.69, 9.17) is 6.42 Å². The molecule has 0 heterocycles. The third-order valence-corrected chi connectivity index (χ3v) is 4.35.